The highest BCUT2D eigenvalue weighted by molar-refractivity contribution is 5.21. The molecule has 0 bridgehead atoms. The molecule has 1 aliphatic rings. The summed E-state index contributed by atoms with van der Waals surface area (Å²) in [5.41, 5.74) is 1.69. The summed E-state index contributed by atoms with van der Waals surface area (Å²) in [6.45, 7) is 7.00. The fraction of sp³-hybridized carbons (Fsp3) is 0.647. The molecule has 0 aliphatic heterocycles. The maximum Gasteiger partial charge on any atom is 0.0371 e. The molecule has 100 valence electrons. The summed E-state index contributed by atoms with van der Waals surface area (Å²) in [5.74, 6) is 0. The lowest BCUT2D eigenvalue weighted by atomic mass is 9.81. The zero-order valence-electron chi connectivity index (χ0n) is 12.1. The van der Waals surface area contributed by atoms with Crippen LogP contribution in [0.15, 0.2) is 30.3 Å². The van der Waals surface area contributed by atoms with E-state index < -0.39 is 0 Å². The molecule has 1 unspecified atom stereocenters. The van der Waals surface area contributed by atoms with Gasteiger partial charge in [0.1, 0.15) is 0 Å². The first-order chi connectivity index (χ1) is 8.57. The summed E-state index contributed by atoms with van der Waals surface area (Å²) < 4.78 is 0. The second-order valence-corrected chi connectivity index (χ2v) is 6.71. The van der Waals surface area contributed by atoms with E-state index in [2.05, 4.69) is 56.4 Å². The zero-order chi connectivity index (χ0) is 13.0. The van der Waals surface area contributed by atoms with Crippen LogP contribution in [0.1, 0.15) is 64.5 Å². The molecule has 1 atom stereocenters. The zero-order valence-corrected chi connectivity index (χ0v) is 12.1. The maximum atomic E-state index is 3.91. The minimum absolute atomic E-state index is 0.263. The van der Waals surface area contributed by atoms with Crippen LogP contribution >= 0.6 is 0 Å². The van der Waals surface area contributed by atoms with Crippen LogP contribution in [0.4, 0.5) is 0 Å². The van der Waals surface area contributed by atoms with Gasteiger partial charge in [0, 0.05) is 12.1 Å². The minimum Gasteiger partial charge on any atom is -0.307 e. The molecule has 2 rings (SSSR count). The lowest BCUT2D eigenvalue weighted by Crippen LogP contribution is -2.40. The average Bonchev–Trinajstić information content (AvgIpc) is 2.37. The van der Waals surface area contributed by atoms with E-state index in [1.807, 2.05) is 0 Å². The van der Waals surface area contributed by atoms with Crippen LogP contribution in [0.3, 0.4) is 0 Å². The third-order valence-electron chi connectivity index (χ3n) is 4.01. The number of rotatable bonds is 3. The Balaban J connectivity index is 2.11. The van der Waals surface area contributed by atoms with Gasteiger partial charge >= 0.3 is 0 Å². The molecule has 0 heterocycles. The highest BCUT2D eigenvalue weighted by atomic mass is 15.0. The van der Waals surface area contributed by atoms with Gasteiger partial charge in [0.15, 0.2) is 0 Å². The van der Waals surface area contributed by atoms with E-state index in [0.717, 1.165) is 0 Å². The van der Waals surface area contributed by atoms with Crippen LogP contribution in [-0.2, 0) is 0 Å². The van der Waals surface area contributed by atoms with E-state index >= 15 is 0 Å². The monoisotopic (exact) mass is 245 g/mol. The molecule has 1 N–H and O–H groups in total. The molecular weight excluding hydrogens is 218 g/mol. The summed E-state index contributed by atoms with van der Waals surface area (Å²) in [4.78, 5) is 0. The van der Waals surface area contributed by atoms with Crippen molar-refractivity contribution in [3.63, 3.8) is 0 Å². The van der Waals surface area contributed by atoms with Crippen molar-refractivity contribution in [2.24, 2.45) is 5.41 Å². The van der Waals surface area contributed by atoms with Crippen molar-refractivity contribution in [3.8, 4) is 0 Å². The molecule has 18 heavy (non-hydrogen) atoms. The van der Waals surface area contributed by atoms with Gasteiger partial charge in [0.05, 0.1) is 0 Å². The highest BCUT2D eigenvalue weighted by Crippen LogP contribution is 2.34. The van der Waals surface area contributed by atoms with Gasteiger partial charge in [-0.05, 0) is 23.8 Å². The van der Waals surface area contributed by atoms with Gasteiger partial charge in [0.2, 0.25) is 0 Å². The summed E-state index contributed by atoms with van der Waals surface area (Å²) in [6.07, 6.45) is 6.90. The average molecular weight is 245 g/mol. The molecule has 1 fully saturated rings. The van der Waals surface area contributed by atoms with Gasteiger partial charge in [-0.2, -0.15) is 0 Å². The Hall–Kier alpha value is -0.820. The first-order valence-corrected chi connectivity index (χ1v) is 7.38. The fourth-order valence-electron chi connectivity index (χ4n) is 3.00. The number of benzene rings is 1. The van der Waals surface area contributed by atoms with Crippen molar-refractivity contribution in [1.82, 2.24) is 5.32 Å². The Morgan fingerprint density at radius 2 is 1.61 bits per heavy atom. The van der Waals surface area contributed by atoms with Crippen molar-refractivity contribution in [2.75, 3.05) is 0 Å². The topological polar surface area (TPSA) is 12.0 Å². The van der Waals surface area contributed by atoms with Crippen LogP contribution < -0.4 is 5.32 Å². The summed E-state index contributed by atoms with van der Waals surface area (Å²) in [7, 11) is 0. The van der Waals surface area contributed by atoms with Gasteiger partial charge in [-0.3, -0.25) is 0 Å². The Bertz CT molecular complexity index is 344. The molecular formula is C17H27N. The van der Waals surface area contributed by atoms with E-state index in [9.17, 15) is 0 Å². The molecule has 1 nitrogen and oxygen atoms in total. The Kier molecular flexibility index (Phi) is 4.45. The second kappa shape index (κ2) is 5.88. The molecule has 0 radical (unpaired) electrons. The lowest BCUT2D eigenvalue weighted by Gasteiger charge is -2.36. The van der Waals surface area contributed by atoms with Gasteiger partial charge in [-0.15, -0.1) is 0 Å². The summed E-state index contributed by atoms with van der Waals surface area (Å²) in [6, 6.07) is 12.1. The first kappa shape index (κ1) is 13.6. The van der Waals surface area contributed by atoms with Gasteiger partial charge in [-0.25, -0.2) is 0 Å². The van der Waals surface area contributed by atoms with E-state index in [1.165, 1.54) is 37.7 Å². The van der Waals surface area contributed by atoms with Crippen LogP contribution in [0, 0.1) is 5.41 Å². The van der Waals surface area contributed by atoms with E-state index in [4.69, 9.17) is 0 Å². The SMILES string of the molecule is CC(C)(C)C(NC1CCCCC1)c1ccccc1. The molecule has 0 spiro atoms. The third-order valence-corrected chi connectivity index (χ3v) is 4.01. The maximum absolute atomic E-state index is 3.91. The van der Waals surface area contributed by atoms with Gasteiger partial charge in [0.25, 0.3) is 0 Å². The standard InChI is InChI=1S/C17H27N/c1-17(2,3)16(14-10-6-4-7-11-14)18-15-12-8-5-9-13-15/h4,6-7,10-11,15-16,18H,5,8-9,12-13H2,1-3H3. The summed E-state index contributed by atoms with van der Waals surface area (Å²) in [5, 5.41) is 3.91. The van der Waals surface area contributed by atoms with Crippen molar-refractivity contribution in [3.05, 3.63) is 35.9 Å². The fourth-order valence-corrected chi connectivity index (χ4v) is 3.00. The third kappa shape index (κ3) is 3.58. The first-order valence-electron chi connectivity index (χ1n) is 7.38. The molecule has 1 aromatic rings. The van der Waals surface area contributed by atoms with E-state index in [0.29, 0.717) is 12.1 Å². The number of nitrogens with one attached hydrogen (secondary N) is 1. The Morgan fingerprint density at radius 3 is 2.17 bits per heavy atom. The molecule has 0 amide bonds. The van der Waals surface area contributed by atoms with Crippen molar-refractivity contribution in [1.29, 1.82) is 0 Å². The predicted molar refractivity (Wildman–Crippen MR) is 78.6 cm³/mol. The molecule has 1 heteroatoms. The summed E-state index contributed by atoms with van der Waals surface area (Å²) >= 11 is 0. The Labute approximate surface area is 112 Å². The number of hydrogen-bond acceptors (Lipinski definition) is 1. The van der Waals surface area contributed by atoms with E-state index in [1.54, 1.807) is 0 Å². The number of hydrogen-bond donors (Lipinski definition) is 1. The van der Waals surface area contributed by atoms with Crippen LogP contribution in [0.5, 0.6) is 0 Å². The lowest BCUT2D eigenvalue weighted by molar-refractivity contribution is 0.226. The smallest absolute Gasteiger partial charge is 0.0371 e. The minimum atomic E-state index is 0.263. The van der Waals surface area contributed by atoms with Crippen LogP contribution in [0.25, 0.3) is 0 Å². The molecule has 1 aromatic carbocycles. The van der Waals surface area contributed by atoms with Gasteiger partial charge in [-0.1, -0.05) is 70.4 Å². The van der Waals surface area contributed by atoms with E-state index in [-0.39, 0.29) is 5.41 Å². The molecule has 0 saturated heterocycles. The second-order valence-electron chi connectivity index (χ2n) is 6.71. The highest BCUT2D eigenvalue weighted by Gasteiger charge is 2.28. The van der Waals surface area contributed by atoms with Crippen molar-refractivity contribution in [2.45, 2.75) is 65.0 Å². The van der Waals surface area contributed by atoms with Crippen molar-refractivity contribution < 1.29 is 0 Å². The normalized spacial score (nSPS) is 19.7. The quantitative estimate of drug-likeness (QED) is 0.814. The molecule has 0 aromatic heterocycles. The molecule has 1 aliphatic carbocycles. The largest absolute Gasteiger partial charge is 0.307 e. The van der Waals surface area contributed by atoms with Crippen LogP contribution in [0.2, 0.25) is 0 Å². The van der Waals surface area contributed by atoms with Crippen molar-refractivity contribution >= 4 is 0 Å². The Morgan fingerprint density at radius 1 is 1.00 bits per heavy atom. The molecule has 1 saturated carbocycles. The predicted octanol–water partition coefficient (Wildman–Crippen LogP) is 4.70. The van der Waals surface area contributed by atoms with Crippen LogP contribution in [-0.4, -0.2) is 6.04 Å². The van der Waals surface area contributed by atoms with Gasteiger partial charge < -0.3 is 5.32 Å².